The maximum atomic E-state index is 12.7. The smallest absolute Gasteiger partial charge is 0.280 e. The molecular weight excluding hydrogens is 646 g/mol. The van der Waals surface area contributed by atoms with E-state index in [9.17, 15) is 14.7 Å². The monoisotopic (exact) mass is 685 g/mol. The second-order valence-corrected chi connectivity index (χ2v) is 11.5. The number of aromatic amines is 1. The number of nitrogens with two attached hydrogens (primary N) is 1. The highest BCUT2D eigenvalue weighted by Crippen LogP contribution is 2.43. The molecule has 0 bridgehead atoms. The first kappa shape index (κ1) is 34.5. The minimum absolute atomic E-state index is 0.00592. The second kappa shape index (κ2) is 15.1. The number of H-pyrrole nitrogens is 1. The highest BCUT2D eigenvalue weighted by molar-refractivity contribution is 5.75. The minimum atomic E-state index is -1.24. The summed E-state index contributed by atoms with van der Waals surface area (Å²) in [6, 6.07) is 24.9. The summed E-state index contributed by atoms with van der Waals surface area (Å²) in [5, 5.41) is 14.4. The SMILES string of the molecule is CNC(=O)CCOC1C(O)[C@@H](COC(c2ccccc2)(c2ccc(OC)cc2)c2ccc(OC)cc2)O[C@H]1n1cnc2c(=O)[nH]c(NN)nc21. The molecule has 2 unspecified atom stereocenters. The van der Waals surface area contributed by atoms with Gasteiger partial charge in [0.25, 0.3) is 5.56 Å². The van der Waals surface area contributed by atoms with Crippen molar-refractivity contribution in [2.24, 2.45) is 5.84 Å². The Bertz CT molecular complexity index is 1900. The lowest BCUT2D eigenvalue weighted by Crippen LogP contribution is -2.40. The van der Waals surface area contributed by atoms with Crippen LogP contribution in [-0.2, 0) is 24.6 Å². The standard InChI is InChI=1S/C35H39N7O8/c1-37-27(43)17-18-48-30-29(44)26(50-33(30)42-20-38-28-31(42)39-34(41-36)40-32(28)45)19-49-35(21-7-5-4-6-8-21,22-9-13-24(46-2)14-10-22)23-11-15-25(47-3)16-12-23/h4-16,20,26,29-30,33,44H,17-19,36H2,1-3H3,(H,37,43)(H2,39,40,41,45)/t26-,29?,30?,33-/m1/s1. The van der Waals surface area contributed by atoms with Crippen molar-refractivity contribution < 1.29 is 33.6 Å². The van der Waals surface area contributed by atoms with Crippen LogP contribution in [0.15, 0.2) is 90.0 Å². The number of imidazole rings is 1. The molecule has 5 aromatic rings. The van der Waals surface area contributed by atoms with E-state index < -0.39 is 35.7 Å². The molecular formula is C35H39N7O8. The van der Waals surface area contributed by atoms with E-state index in [2.05, 4.69) is 25.7 Å². The molecule has 0 spiro atoms. The van der Waals surface area contributed by atoms with Gasteiger partial charge in [0, 0.05) is 13.5 Å². The molecule has 15 nitrogen and oxygen atoms in total. The van der Waals surface area contributed by atoms with Crippen LogP contribution >= 0.6 is 0 Å². The number of fused-ring (bicyclic) bond motifs is 1. The number of aliphatic hydroxyl groups is 1. The molecule has 1 fully saturated rings. The minimum Gasteiger partial charge on any atom is -0.497 e. The van der Waals surface area contributed by atoms with Gasteiger partial charge in [0.05, 0.1) is 33.8 Å². The van der Waals surface area contributed by atoms with Gasteiger partial charge in [-0.15, -0.1) is 0 Å². The molecule has 1 amide bonds. The Hall–Kier alpha value is -5.32. The van der Waals surface area contributed by atoms with Gasteiger partial charge in [-0.05, 0) is 41.0 Å². The van der Waals surface area contributed by atoms with E-state index in [4.69, 9.17) is 29.5 Å². The largest absolute Gasteiger partial charge is 0.497 e. The number of amides is 1. The zero-order chi connectivity index (χ0) is 35.3. The first-order valence-corrected chi connectivity index (χ1v) is 15.9. The van der Waals surface area contributed by atoms with Crippen LogP contribution < -0.4 is 31.6 Å². The van der Waals surface area contributed by atoms with Crippen molar-refractivity contribution >= 4 is 23.0 Å². The third-order valence-corrected chi connectivity index (χ3v) is 8.71. The number of carbonyl (C=O) groups is 1. The van der Waals surface area contributed by atoms with Crippen molar-refractivity contribution in [1.82, 2.24) is 24.8 Å². The zero-order valence-electron chi connectivity index (χ0n) is 27.7. The first-order chi connectivity index (χ1) is 24.3. The normalized spacial score (nSPS) is 19.0. The molecule has 4 atom stereocenters. The molecule has 1 aliphatic heterocycles. The Morgan fingerprint density at radius 1 is 1.00 bits per heavy atom. The summed E-state index contributed by atoms with van der Waals surface area (Å²) in [6.07, 6.45) is -2.78. The number of hydrazine groups is 1. The Kier molecular flexibility index (Phi) is 10.4. The number of aromatic nitrogens is 4. The fraction of sp³-hybridized carbons (Fsp3) is 0.314. The summed E-state index contributed by atoms with van der Waals surface area (Å²) in [7, 11) is 4.73. The number of carbonyl (C=O) groups excluding carboxylic acids is 1. The lowest BCUT2D eigenvalue weighted by Gasteiger charge is -2.37. The highest BCUT2D eigenvalue weighted by Gasteiger charge is 2.48. The molecule has 0 saturated carbocycles. The maximum absolute atomic E-state index is 12.7. The third kappa shape index (κ3) is 6.64. The van der Waals surface area contributed by atoms with Gasteiger partial charge in [-0.25, -0.2) is 10.8 Å². The lowest BCUT2D eigenvalue weighted by atomic mass is 9.80. The van der Waals surface area contributed by atoms with E-state index in [-0.39, 0.29) is 42.7 Å². The van der Waals surface area contributed by atoms with Crippen molar-refractivity contribution in [1.29, 1.82) is 0 Å². The van der Waals surface area contributed by atoms with Crippen molar-refractivity contribution in [2.45, 2.75) is 36.6 Å². The predicted octanol–water partition coefficient (Wildman–Crippen LogP) is 2.21. The number of hydrogen-bond acceptors (Lipinski definition) is 12. The summed E-state index contributed by atoms with van der Waals surface area (Å²) < 4.78 is 32.0. The molecule has 50 heavy (non-hydrogen) atoms. The number of aliphatic hydroxyl groups excluding tert-OH is 1. The topological polar surface area (TPSA) is 197 Å². The Morgan fingerprint density at radius 2 is 1.62 bits per heavy atom. The number of anilines is 1. The van der Waals surface area contributed by atoms with Gasteiger partial charge in [-0.3, -0.25) is 24.6 Å². The van der Waals surface area contributed by atoms with Crippen molar-refractivity contribution in [3.63, 3.8) is 0 Å². The highest BCUT2D eigenvalue weighted by atomic mass is 16.6. The van der Waals surface area contributed by atoms with E-state index in [0.29, 0.717) is 11.5 Å². The molecule has 262 valence electrons. The summed E-state index contributed by atoms with van der Waals surface area (Å²) in [5.74, 6) is 6.66. The van der Waals surface area contributed by atoms with Crippen molar-refractivity contribution in [3.05, 3.63) is 112 Å². The maximum Gasteiger partial charge on any atom is 0.280 e. The predicted molar refractivity (Wildman–Crippen MR) is 183 cm³/mol. The van der Waals surface area contributed by atoms with Gasteiger partial charge in [-0.1, -0.05) is 54.6 Å². The average molecular weight is 686 g/mol. The van der Waals surface area contributed by atoms with Gasteiger partial charge in [0.1, 0.15) is 35.4 Å². The summed E-state index contributed by atoms with van der Waals surface area (Å²) in [4.78, 5) is 35.8. The number of nitrogens with zero attached hydrogens (tertiary/aromatic N) is 3. The molecule has 2 aromatic heterocycles. The van der Waals surface area contributed by atoms with Crippen LogP contribution in [0, 0.1) is 0 Å². The fourth-order valence-electron chi connectivity index (χ4n) is 6.13. The van der Waals surface area contributed by atoms with Crippen LogP contribution in [0.5, 0.6) is 11.5 Å². The fourth-order valence-corrected chi connectivity index (χ4v) is 6.13. The number of nitrogen functional groups attached to an aromatic ring is 1. The van der Waals surface area contributed by atoms with Crippen LogP contribution in [0.3, 0.4) is 0 Å². The number of nitrogens with one attached hydrogen (secondary N) is 3. The summed E-state index contributed by atoms with van der Waals surface area (Å²) in [6.45, 7) is -0.132. The number of rotatable bonds is 14. The molecule has 3 heterocycles. The average Bonchev–Trinajstić information content (AvgIpc) is 3.73. The Balaban J connectivity index is 1.40. The van der Waals surface area contributed by atoms with Crippen LogP contribution in [-0.4, -0.2) is 83.3 Å². The third-order valence-electron chi connectivity index (χ3n) is 8.71. The lowest BCUT2D eigenvalue weighted by molar-refractivity contribution is -0.124. The number of methoxy groups -OCH3 is 2. The van der Waals surface area contributed by atoms with Crippen LogP contribution in [0.25, 0.3) is 11.2 Å². The Labute approximate surface area is 287 Å². The van der Waals surface area contributed by atoms with Gasteiger partial charge < -0.3 is 34.1 Å². The van der Waals surface area contributed by atoms with Crippen LogP contribution in [0.2, 0.25) is 0 Å². The number of benzene rings is 3. The van der Waals surface area contributed by atoms with E-state index in [1.807, 2.05) is 78.9 Å². The first-order valence-electron chi connectivity index (χ1n) is 15.9. The van der Waals surface area contributed by atoms with Crippen LogP contribution in [0.4, 0.5) is 5.95 Å². The summed E-state index contributed by atoms with van der Waals surface area (Å²) >= 11 is 0. The molecule has 0 radical (unpaired) electrons. The van der Waals surface area contributed by atoms with E-state index in [0.717, 1.165) is 16.7 Å². The van der Waals surface area contributed by atoms with Crippen LogP contribution in [0.1, 0.15) is 29.3 Å². The summed E-state index contributed by atoms with van der Waals surface area (Å²) in [5.41, 5.74) is 3.22. The number of hydrogen-bond donors (Lipinski definition) is 5. The van der Waals surface area contributed by atoms with E-state index >= 15 is 0 Å². The quantitative estimate of drug-likeness (QED) is 0.0650. The molecule has 3 aromatic carbocycles. The molecule has 15 heteroatoms. The number of ether oxygens (including phenoxy) is 5. The molecule has 1 saturated heterocycles. The molecule has 6 N–H and O–H groups in total. The van der Waals surface area contributed by atoms with E-state index in [1.165, 1.54) is 17.9 Å². The van der Waals surface area contributed by atoms with Crippen molar-refractivity contribution in [2.75, 3.05) is 39.9 Å². The van der Waals surface area contributed by atoms with Gasteiger partial charge in [0.2, 0.25) is 11.9 Å². The molecule has 1 aliphatic rings. The van der Waals surface area contributed by atoms with E-state index in [1.54, 1.807) is 14.2 Å². The molecule has 6 rings (SSSR count). The second-order valence-electron chi connectivity index (χ2n) is 11.5. The van der Waals surface area contributed by atoms with Crippen molar-refractivity contribution in [3.8, 4) is 11.5 Å². The van der Waals surface area contributed by atoms with Gasteiger partial charge >= 0.3 is 0 Å². The molecule has 0 aliphatic carbocycles. The van der Waals surface area contributed by atoms with Gasteiger partial charge in [-0.2, -0.15) is 4.98 Å². The van der Waals surface area contributed by atoms with Gasteiger partial charge in [0.15, 0.2) is 17.4 Å². The zero-order valence-corrected chi connectivity index (χ0v) is 27.7. The Morgan fingerprint density at radius 3 is 2.20 bits per heavy atom.